The molecule has 0 radical (unpaired) electrons. The number of rotatable bonds is 2. The Morgan fingerprint density at radius 1 is 0.227 bits per heavy atom. The van der Waals surface area contributed by atoms with Gasteiger partial charge < -0.3 is 0 Å². The molecule has 0 aromatic heterocycles. The van der Waals surface area contributed by atoms with Gasteiger partial charge >= 0.3 is 0 Å². The topological polar surface area (TPSA) is 0 Å². The summed E-state index contributed by atoms with van der Waals surface area (Å²) in [5.41, 5.74) is 20.8. The summed E-state index contributed by atoms with van der Waals surface area (Å²) in [5.74, 6) is 0. The average Bonchev–Trinajstić information content (AvgIpc) is 3.92. The number of hydrogen-bond acceptors (Lipinski definition) is 0. The highest BCUT2D eigenvalue weighted by atomic mass is 14.5. The van der Waals surface area contributed by atoms with Crippen LogP contribution < -0.4 is 0 Å². The minimum atomic E-state index is -0.500. The average molecular weight is 835 g/mol. The Morgan fingerprint density at radius 2 is 0.591 bits per heavy atom. The molecule has 0 aliphatic heterocycles. The van der Waals surface area contributed by atoms with Crippen molar-refractivity contribution >= 4 is 53.9 Å². The molecule has 15 rings (SSSR count). The molecule has 0 heteroatoms. The van der Waals surface area contributed by atoms with E-state index in [0.29, 0.717) is 0 Å². The Hall–Kier alpha value is -8.06. The van der Waals surface area contributed by atoms with Gasteiger partial charge in [0, 0.05) is 5.41 Å². The fraction of sp³-hybridized carbons (Fsp3) is 0.0606. The normalized spacial score (nSPS) is 14.5. The van der Waals surface area contributed by atoms with Gasteiger partial charge in [0.15, 0.2) is 0 Å². The zero-order valence-corrected chi connectivity index (χ0v) is 36.8. The van der Waals surface area contributed by atoms with Crippen molar-refractivity contribution in [1.29, 1.82) is 0 Å². The lowest BCUT2D eigenvalue weighted by molar-refractivity contribution is 0.661. The predicted molar refractivity (Wildman–Crippen MR) is 279 cm³/mol. The molecule has 0 bridgehead atoms. The van der Waals surface area contributed by atoms with E-state index in [2.05, 4.69) is 232 Å². The summed E-state index contributed by atoms with van der Waals surface area (Å²) in [6, 6.07) is 83.4. The van der Waals surface area contributed by atoms with Crippen LogP contribution in [-0.2, 0) is 10.8 Å². The third-order valence-electron chi connectivity index (χ3n) is 16.0. The monoisotopic (exact) mass is 834 g/mol. The molecular formula is C66H42. The van der Waals surface area contributed by atoms with Crippen molar-refractivity contribution < 1.29 is 0 Å². The van der Waals surface area contributed by atoms with E-state index in [4.69, 9.17) is 0 Å². The van der Waals surface area contributed by atoms with Crippen molar-refractivity contribution in [3.8, 4) is 55.6 Å². The van der Waals surface area contributed by atoms with Gasteiger partial charge in [-0.05, 0) is 167 Å². The molecule has 3 aliphatic rings. The van der Waals surface area contributed by atoms with E-state index >= 15 is 0 Å². The fourth-order valence-electron chi connectivity index (χ4n) is 13.4. The van der Waals surface area contributed by atoms with Crippen molar-refractivity contribution in [2.24, 2.45) is 0 Å². The van der Waals surface area contributed by atoms with E-state index in [1.54, 1.807) is 0 Å². The van der Waals surface area contributed by atoms with E-state index in [1.807, 2.05) is 0 Å². The molecule has 0 unspecified atom stereocenters. The smallest absolute Gasteiger partial charge is 0.0619 e. The number of hydrogen-bond donors (Lipinski definition) is 0. The van der Waals surface area contributed by atoms with E-state index in [0.717, 1.165) is 0 Å². The van der Waals surface area contributed by atoms with Crippen LogP contribution in [0.3, 0.4) is 0 Å². The maximum Gasteiger partial charge on any atom is 0.0726 e. The summed E-state index contributed by atoms with van der Waals surface area (Å²) in [7, 11) is 0. The molecule has 66 heavy (non-hydrogen) atoms. The van der Waals surface area contributed by atoms with Gasteiger partial charge in [-0.2, -0.15) is 0 Å². The largest absolute Gasteiger partial charge is 0.0726 e. The number of benzene rings is 12. The highest BCUT2D eigenvalue weighted by Crippen LogP contribution is 2.65. The molecule has 0 fully saturated rings. The summed E-state index contributed by atoms with van der Waals surface area (Å²) >= 11 is 0. The zero-order valence-electron chi connectivity index (χ0n) is 36.8. The van der Waals surface area contributed by atoms with Crippen molar-refractivity contribution in [3.05, 3.63) is 252 Å². The second-order valence-corrected chi connectivity index (χ2v) is 19.4. The molecule has 12 aromatic carbocycles. The van der Waals surface area contributed by atoms with E-state index in [9.17, 15) is 0 Å². The van der Waals surface area contributed by atoms with Gasteiger partial charge in [-0.1, -0.05) is 208 Å². The van der Waals surface area contributed by atoms with Crippen molar-refractivity contribution in [2.45, 2.75) is 24.7 Å². The Balaban J connectivity index is 1.09. The van der Waals surface area contributed by atoms with Gasteiger partial charge in [0.2, 0.25) is 0 Å². The molecular weight excluding hydrogens is 793 g/mol. The van der Waals surface area contributed by atoms with Gasteiger partial charge in [-0.15, -0.1) is 0 Å². The molecule has 0 N–H and O–H groups in total. The van der Waals surface area contributed by atoms with Crippen LogP contribution in [0.15, 0.2) is 218 Å². The molecule has 0 amide bonds. The minimum Gasteiger partial charge on any atom is -0.0619 e. The van der Waals surface area contributed by atoms with Crippen LogP contribution in [0.1, 0.15) is 47.2 Å². The lowest BCUT2D eigenvalue weighted by atomic mass is 9.69. The van der Waals surface area contributed by atoms with Gasteiger partial charge in [-0.25, -0.2) is 0 Å². The first-order valence-corrected chi connectivity index (χ1v) is 23.4. The standard InChI is InChI=1S/C66H42/c1-65(2)55-32-16-15-31-51(55)63-45-25-7-5-21-41(45)52(37-59(63)65)61-47-27-9-11-29-49(47)62(50-30-12-10-28-48(50)61)53-38-60-64(46-26-8-6-22-42(46)53)54-35-39-19-3-4-20-40(39)36-58(54)66(60)56-33-17-13-23-43(56)44-24-14-18-34-57(44)66/h3-38H,1-2H3. The molecule has 0 nitrogen and oxygen atoms in total. The molecule has 0 saturated heterocycles. The Morgan fingerprint density at radius 3 is 1.11 bits per heavy atom. The van der Waals surface area contributed by atoms with Gasteiger partial charge in [0.05, 0.1) is 5.41 Å². The maximum absolute atomic E-state index is 2.62. The Labute approximate surface area is 384 Å². The number of fused-ring (bicyclic) bond motifs is 20. The summed E-state index contributed by atoms with van der Waals surface area (Å²) in [5, 5.41) is 12.8. The van der Waals surface area contributed by atoms with E-state index < -0.39 is 5.41 Å². The van der Waals surface area contributed by atoms with Crippen LogP contribution in [-0.4, -0.2) is 0 Å². The van der Waals surface area contributed by atoms with Crippen LogP contribution in [0.4, 0.5) is 0 Å². The van der Waals surface area contributed by atoms with Gasteiger partial charge in [0.25, 0.3) is 0 Å². The van der Waals surface area contributed by atoms with Crippen molar-refractivity contribution in [3.63, 3.8) is 0 Å². The third kappa shape index (κ3) is 4.40. The van der Waals surface area contributed by atoms with E-state index in [1.165, 1.54) is 143 Å². The zero-order chi connectivity index (χ0) is 43.5. The minimum absolute atomic E-state index is 0.142. The second kappa shape index (κ2) is 12.8. The van der Waals surface area contributed by atoms with Crippen LogP contribution >= 0.6 is 0 Å². The maximum atomic E-state index is 2.62. The highest BCUT2D eigenvalue weighted by molar-refractivity contribution is 6.27. The summed E-state index contributed by atoms with van der Waals surface area (Å²) < 4.78 is 0. The second-order valence-electron chi connectivity index (χ2n) is 19.4. The van der Waals surface area contributed by atoms with Crippen molar-refractivity contribution in [2.75, 3.05) is 0 Å². The molecule has 306 valence electrons. The first kappa shape index (κ1) is 36.3. The summed E-state index contributed by atoms with van der Waals surface area (Å²) in [4.78, 5) is 0. The molecule has 0 heterocycles. The first-order valence-electron chi connectivity index (χ1n) is 23.4. The fourth-order valence-corrected chi connectivity index (χ4v) is 13.4. The summed E-state index contributed by atoms with van der Waals surface area (Å²) in [6.45, 7) is 4.81. The Kier molecular flexibility index (Phi) is 7.04. The highest BCUT2D eigenvalue weighted by Gasteiger charge is 2.52. The molecule has 0 saturated carbocycles. The third-order valence-corrected chi connectivity index (χ3v) is 16.0. The van der Waals surface area contributed by atoms with Gasteiger partial charge in [0.1, 0.15) is 0 Å². The molecule has 1 spiro atoms. The van der Waals surface area contributed by atoms with E-state index in [-0.39, 0.29) is 5.41 Å². The lowest BCUT2D eigenvalue weighted by Gasteiger charge is -2.31. The van der Waals surface area contributed by atoms with Crippen LogP contribution in [0.2, 0.25) is 0 Å². The van der Waals surface area contributed by atoms with Gasteiger partial charge in [-0.3, -0.25) is 0 Å². The van der Waals surface area contributed by atoms with Crippen LogP contribution in [0.25, 0.3) is 109 Å². The van der Waals surface area contributed by atoms with Crippen molar-refractivity contribution in [1.82, 2.24) is 0 Å². The van der Waals surface area contributed by atoms with Crippen LogP contribution in [0.5, 0.6) is 0 Å². The predicted octanol–water partition coefficient (Wildman–Crippen LogP) is 17.4. The van der Waals surface area contributed by atoms with Crippen LogP contribution in [0, 0.1) is 0 Å². The first-order chi connectivity index (χ1) is 32.5. The molecule has 0 atom stereocenters. The quantitative estimate of drug-likeness (QED) is 0.152. The lowest BCUT2D eigenvalue weighted by Crippen LogP contribution is -2.26. The SMILES string of the molecule is CC1(C)c2ccccc2-c2c1cc(-c1c3ccccc3c(-c3cc4c(c5ccccc35)-c3cc5ccccc5cc3C43c4ccccc4-c4ccccc43)c3ccccc13)c1ccccc21. The Bertz CT molecular complexity index is 4040. The molecule has 12 aromatic rings. The summed E-state index contributed by atoms with van der Waals surface area (Å²) in [6.07, 6.45) is 0. The molecule has 3 aliphatic carbocycles.